The Morgan fingerprint density at radius 1 is 1.13 bits per heavy atom. The van der Waals surface area contributed by atoms with Gasteiger partial charge in [0.1, 0.15) is 4.90 Å². The summed E-state index contributed by atoms with van der Waals surface area (Å²) in [5, 5.41) is 2.98. The molecule has 3 rings (SSSR count). The second-order valence-corrected chi connectivity index (χ2v) is 9.90. The summed E-state index contributed by atoms with van der Waals surface area (Å²) in [7, 11) is -3.86. The van der Waals surface area contributed by atoms with Crippen LogP contribution in [-0.4, -0.2) is 51.0 Å². The van der Waals surface area contributed by atoms with Crippen molar-refractivity contribution in [1.29, 1.82) is 0 Å². The molecule has 162 valence electrons. The van der Waals surface area contributed by atoms with Crippen LogP contribution in [0.4, 0.5) is 0 Å². The van der Waals surface area contributed by atoms with Crippen molar-refractivity contribution >= 4 is 39.1 Å². The average Bonchev–Trinajstić information content (AvgIpc) is 2.73. The van der Waals surface area contributed by atoms with Crippen molar-refractivity contribution in [1.82, 2.24) is 9.62 Å². The van der Waals surface area contributed by atoms with E-state index in [4.69, 9.17) is 27.9 Å². The summed E-state index contributed by atoms with van der Waals surface area (Å²) in [5.41, 5.74) is 1.27. The molecule has 1 unspecified atom stereocenters. The van der Waals surface area contributed by atoms with Crippen molar-refractivity contribution in [2.75, 3.05) is 26.3 Å². The van der Waals surface area contributed by atoms with Gasteiger partial charge >= 0.3 is 0 Å². The van der Waals surface area contributed by atoms with E-state index in [0.29, 0.717) is 13.2 Å². The topological polar surface area (TPSA) is 75.7 Å². The zero-order valence-electron chi connectivity index (χ0n) is 16.6. The number of rotatable bonds is 7. The summed E-state index contributed by atoms with van der Waals surface area (Å²) >= 11 is 12.4. The first kappa shape index (κ1) is 23.0. The second kappa shape index (κ2) is 10.1. The van der Waals surface area contributed by atoms with Gasteiger partial charge in [0, 0.05) is 19.1 Å². The Hall–Kier alpha value is -1.64. The average molecular weight is 471 g/mol. The van der Waals surface area contributed by atoms with Crippen LogP contribution in [-0.2, 0) is 21.2 Å². The van der Waals surface area contributed by atoms with Crippen molar-refractivity contribution in [3.8, 4) is 0 Å². The summed E-state index contributed by atoms with van der Waals surface area (Å²) in [6.45, 7) is 3.00. The van der Waals surface area contributed by atoms with Crippen LogP contribution in [0.5, 0.6) is 0 Å². The van der Waals surface area contributed by atoms with Crippen LogP contribution < -0.4 is 5.32 Å². The van der Waals surface area contributed by atoms with Gasteiger partial charge in [0.05, 0.1) is 28.8 Å². The van der Waals surface area contributed by atoms with Gasteiger partial charge in [-0.15, -0.1) is 0 Å². The number of carbonyl (C=O) groups excluding carboxylic acids is 1. The lowest BCUT2D eigenvalue weighted by atomic mass is 10.1. The highest BCUT2D eigenvalue weighted by atomic mass is 35.5. The third kappa shape index (κ3) is 5.53. The predicted octanol–water partition coefficient (Wildman–Crippen LogP) is 3.77. The number of hydrogen-bond donors (Lipinski definition) is 1. The van der Waals surface area contributed by atoms with E-state index in [1.165, 1.54) is 22.0 Å². The predicted molar refractivity (Wildman–Crippen MR) is 118 cm³/mol. The highest BCUT2D eigenvalue weighted by molar-refractivity contribution is 7.89. The van der Waals surface area contributed by atoms with Gasteiger partial charge in [-0.2, -0.15) is 4.31 Å². The van der Waals surface area contributed by atoms with Gasteiger partial charge in [0.15, 0.2) is 0 Å². The number of nitrogens with one attached hydrogen (secondary N) is 1. The lowest BCUT2D eigenvalue weighted by Gasteiger charge is -2.26. The molecule has 1 amide bonds. The number of nitrogens with zero attached hydrogens (tertiary/aromatic N) is 1. The number of benzene rings is 2. The third-order valence-corrected chi connectivity index (χ3v) is 7.62. The molecular formula is C21H24Cl2N2O4S. The van der Waals surface area contributed by atoms with Crippen LogP contribution in [0.1, 0.15) is 29.3 Å². The Morgan fingerprint density at radius 2 is 1.80 bits per heavy atom. The summed E-state index contributed by atoms with van der Waals surface area (Å²) < 4.78 is 32.5. The molecule has 1 aliphatic rings. The minimum absolute atomic E-state index is 0.0137. The number of aryl methyl sites for hydroxylation is 1. The van der Waals surface area contributed by atoms with E-state index in [0.717, 1.165) is 12.8 Å². The molecule has 0 bridgehead atoms. The normalized spacial score (nSPS) is 16.2. The van der Waals surface area contributed by atoms with E-state index in [1.54, 1.807) is 0 Å². The summed E-state index contributed by atoms with van der Waals surface area (Å²) in [6.07, 6.45) is 1.55. The van der Waals surface area contributed by atoms with Crippen LogP contribution >= 0.6 is 23.2 Å². The molecule has 1 atom stereocenters. The van der Waals surface area contributed by atoms with E-state index in [2.05, 4.69) is 5.32 Å². The maximum Gasteiger partial charge on any atom is 0.253 e. The zero-order valence-corrected chi connectivity index (χ0v) is 18.9. The van der Waals surface area contributed by atoms with E-state index in [-0.39, 0.29) is 39.6 Å². The van der Waals surface area contributed by atoms with Crippen molar-refractivity contribution in [2.45, 2.75) is 30.7 Å². The molecule has 2 aromatic rings. The number of amides is 1. The van der Waals surface area contributed by atoms with E-state index >= 15 is 0 Å². The molecule has 0 radical (unpaired) electrons. The van der Waals surface area contributed by atoms with Crippen LogP contribution in [0.15, 0.2) is 47.4 Å². The monoisotopic (exact) mass is 470 g/mol. The molecule has 2 aromatic carbocycles. The number of ether oxygens (including phenoxy) is 1. The highest BCUT2D eigenvalue weighted by Gasteiger charge is 2.30. The fraction of sp³-hybridized carbons (Fsp3) is 0.381. The largest absolute Gasteiger partial charge is 0.379 e. The summed E-state index contributed by atoms with van der Waals surface area (Å²) in [6, 6.07) is 12.4. The van der Waals surface area contributed by atoms with Crippen molar-refractivity contribution in [2.24, 2.45) is 0 Å². The Bertz CT molecular complexity index is 994. The number of morpholine rings is 1. The van der Waals surface area contributed by atoms with Gasteiger partial charge in [0.25, 0.3) is 5.91 Å². The van der Waals surface area contributed by atoms with Gasteiger partial charge in [-0.3, -0.25) is 4.79 Å². The molecule has 1 N–H and O–H groups in total. The summed E-state index contributed by atoms with van der Waals surface area (Å²) in [4.78, 5) is 12.7. The van der Waals surface area contributed by atoms with E-state index in [9.17, 15) is 13.2 Å². The molecule has 30 heavy (non-hydrogen) atoms. The molecule has 0 aromatic heterocycles. The smallest absolute Gasteiger partial charge is 0.253 e. The van der Waals surface area contributed by atoms with Crippen molar-refractivity contribution < 1.29 is 17.9 Å². The standard InChI is InChI=1S/C21H24Cl2N2O4S/c1-15(7-8-16-5-3-2-4-6-16)24-21(26)17-13-20(19(23)14-18(17)22)30(27,28)25-9-11-29-12-10-25/h2-6,13-15H,7-12H2,1H3,(H,24,26). The number of sulfonamides is 1. The maximum atomic E-state index is 13.0. The molecule has 6 nitrogen and oxygen atoms in total. The second-order valence-electron chi connectivity index (χ2n) is 7.18. The molecule has 0 saturated carbocycles. The first-order chi connectivity index (χ1) is 14.3. The minimum atomic E-state index is -3.86. The molecular weight excluding hydrogens is 447 g/mol. The van der Waals surface area contributed by atoms with Crippen LogP contribution in [0.25, 0.3) is 0 Å². The van der Waals surface area contributed by atoms with Crippen LogP contribution in [0, 0.1) is 0 Å². The van der Waals surface area contributed by atoms with E-state index in [1.807, 2.05) is 37.3 Å². The van der Waals surface area contributed by atoms with Gasteiger partial charge in [-0.25, -0.2) is 8.42 Å². The highest BCUT2D eigenvalue weighted by Crippen LogP contribution is 2.31. The van der Waals surface area contributed by atoms with Crippen LogP contribution in [0.3, 0.4) is 0 Å². The zero-order chi connectivity index (χ0) is 21.7. The molecule has 1 aliphatic heterocycles. The molecule has 1 heterocycles. The number of carbonyl (C=O) groups is 1. The first-order valence-corrected chi connectivity index (χ1v) is 11.9. The first-order valence-electron chi connectivity index (χ1n) is 9.71. The lowest BCUT2D eigenvalue weighted by Crippen LogP contribution is -2.40. The third-order valence-electron chi connectivity index (χ3n) is 4.94. The summed E-state index contributed by atoms with van der Waals surface area (Å²) in [5.74, 6) is -0.435. The Morgan fingerprint density at radius 3 is 2.47 bits per heavy atom. The van der Waals surface area contributed by atoms with Gasteiger partial charge in [-0.1, -0.05) is 53.5 Å². The van der Waals surface area contributed by atoms with E-state index < -0.39 is 15.9 Å². The Labute approximate surface area is 187 Å². The number of halogens is 2. The molecule has 0 aliphatic carbocycles. The fourth-order valence-electron chi connectivity index (χ4n) is 3.23. The van der Waals surface area contributed by atoms with Crippen molar-refractivity contribution in [3.63, 3.8) is 0 Å². The van der Waals surface area contributed by atoms with Gasteiger partial charge in [-0.05, 0) is 37.5 Å². The van der Waals surface area contributed by atoms with Crippen LogP contribution in [0.2, 0.25) is 10.0 Å². The van der Waals surface area contributed by atoms with Gasteiger partial charge in [0.2, 0.25) is 10.0 Å². The molecule has 1 saturated heterocycles. The number of hydrogen-bond acceptors (Lipinski definition) is 4. The molecule has 1 fully saturated rings. The minimum Gasteiger partial charge on any atom is -0.379 e. The van der Waals surface area contributed by atoms with Crippen molar-refractivity contribution in [3.05, 3.63) is 63.6 Å². The molecule has 9 heteroatoms. The van der Waals surface area contributed by atoms with Gasteiger partial charge < -0.3 is 10.1 Å². The quantitative estimate of drug-likeness (QED) is 0.667. The molecule has 0 spiro atoms. The lowest BCUT2D eigenvalue weighted by molar-refractivity contribution is 0.0730. The Balaban J connectivity index is 1.75. The Kier molecular flexibility index (Phi) is 7.76. The maximum absolute atomic E-state index is 13.0. The fourth-order valence-corrected chi connectivity index (χ4v) is 5.47. The SMILES string of the molecule is CC(CCc1ccccc1)NC(=O)c1cc(S(=O)(=O)N2CCOCC2)c(Cl)cc1Cl.